The number of aromatic nitrogens is 2. The van der Waals surface area contributed by atoms with E-state index in [1.807, 2.05) is 22.9 Å². The average Bonchev–Trinajstić information content (AvgIpc) is 2.90. The number of benzene rings is 1. The zero-order valence-corrected chi connectivity index (χ0v) is 16.5. The predicted octanol–water partition coefficient (Wildman–Crippen LogP) is 3.94. The van der Waals surface area contributed by atoms with Crippen molar-refractivity contribution in [3.05, 3.63) is 50.8 Å². The van der Waals surface area contributed by atoms with Crippen molar-refractivity contribution >= 4 is 29.1 Å². The van der Waals surface area contributed by atoms with Gasteiger partial charge in [-0.3, -0.25) is 9.48 Å². The number of nitriles is 1. The zero-order chi connectivity index (χ0) is 19.1. The van der Waals surface area contributed by atoms with Gasteiger partial charge in [0.1, 0.15) is 6.42 Å². The molecule has 5 nitrogen and oxygen atoms in total. The first-order chi connectivity index (χ1) is 12.5. The Labute approximate surface area is 163 Å². The average molecular weight is 393 g/mol. The van der Waals surface area contributed by atoms with E-state index in [4.69, 9.17) is 33.6 Å². The summed E-state index contributed by atoms with van der Waals surface area (Å²) in [5, 5.41) is 17.2. The van der Waals surface area contributed by atoms with Crippen LogP contribution in [0, 0.1) is 11.3 Å². The molecule has 0 aliphatic carbocycles. The Balaban J connectivity index is 2.21. The summed E-state index contributed by atoms with van der Waals surface area (Å²) in [6, 6.07) is 7.41. The van der Waals surface area contributed by atoms with E-state index in [2.05, 4.69) is 19.2 Å². The number of hydrogen-bond acceptors (Lipinski definition) is 3. The Hall–Kier alpha value is -2.03. The Kier molecular flexibility index (Phi) is 7.50. The maximum absolute atomic E-state index is 11.4. The van der Waals surface area contributed by atoms with Crippen LogP contribution < -0.4 is 5.32 Å². The Bertz CT molecular complexity index is 803. The van der Waals surface area contributed by atoms with Gasteiger partial charge in [0.05, 0.1) is 18.3 Å². The van der Waals surface area contributed by atoms with Crippen molar-refractivity contribution in [3.63, 3.8) is 0 Å². The topological polar surface area (TPSA) is 70.7 Å². The van der Waals surface area contributed by atoms with Crippen LogP contribution in [0.4, 0.5) is 0 Å². The van der Waals surface area contributed by atoms with Gasteiger partial charge in [0.2, 0.25) is 5.91 Å². The molecule has 0 bridgehead atoms. The third-order valence-electron chi connectivity index (χ3n) is 4.11. The molecule has 1 N–H and O–H groups in total. The minimum Gasteiger partial charge on any atom is -0.353 e. The van der Waals surface area contributed by atoms with Crippen LogP contribution in [-0.4, -0.2) is 22.2 Å². The number of hydrogen-bond donors (Lipinski definition) is 1. The molecule has 0 aliphatic rings. The second-order valence-corrected chi connectivity index (χ2v) is 6.81. The molecule has 0 aliphatic heterocycles. The van der Waals surface area contributed by atoms with Gasteiger partial charge in [0.25, 0.3) is 0 Å². The molecule has 2 aromatic rings. The smallest absolute Gasteiger partial charge is 0.234 e. The first-order valence-corrected chi connectivity index (χ1v) is 9.40. The van der Waals surface area contributed by atoms with E-state index in [0.29, 0.717) is 29.6 Å². The van der Waals surface area contributed by atoms with Gasteiger partial charge in [-0.1, -0.05) is 37.0 Å². The van der Waals surface area contributed by atoms with Crippen LogP contribution >= 0.6 is 23.2 Å². The lowest BCUT2D eigenvalue weighted by molar-refractivity contribution is -0.120. The molecule has 2 rings (SSSR count). The van der Waals surface area contributed by atoms with Crippen LogP contribution in [0.1, 0.15) is 42.8 Å². The van der Waals surface area contributed by atoms with Crippen molar-refractivity contribution in [1.82, 2.24) is 15.1 Å². The van der Waals surface area contributed by atoms with E-state index < -0.39 is 0 Å². The minimum absolute atomic E-state index is 0.124. The highest BCUT2D eigenvalue weighted by Crippen LogP contribution is 2.25. The molecule has 7 heteroatoms. The molecule has 0 fully saturated rings. The second kappa shape index (κ2) is 9.61. The van der Waals surface area contributed by atoms with Crippen molar-refractivity contribution < 1.29 is 4.79 Å². The summed E-state index contributed by atoms with van der Waals surface area (Å²) in [6.07, 6.45) is 2.25. The van der Waals surface area contributed by atoms with Crippen molar-refractivity contribution in [2.45, 2.75) is 46.1 Å². The third-order valence-corrected chi connectivity index (χ3v) is 4.54. The number of carbonyl (C=O) groups excluding carboxylic acids is 1. The second-order valence-electron chi connectivity index (χ2n) is 5.94. The molecule has 1 amide bonds. The first-order valence-electron chi connectivity index (χ1n) is 8.64. The molecule has 0 unspecified atom stereocenters. The van der Waals surface area contributed by atoms with Crippen LogP contribution in [0.25, 0.3) is 0 Å². The van der Waals surface area contributed by atoms with Gasteiger partial charge in [-0.05, 0) is 36.6 Å². The van der Waals surface area contributed by atoms with E-state index in [0.717, 1.165) is 29.8 Å². The summed E-state index contributed by atoms with van der Waals surface area (Å²) < 4.78 is 1.95. The number of halogens is 2. The number of carbonyl (C=O) groups is 1. The largest absolute Gasteiger partial charge is 0.353 e. The van der Waals surface area contributed by atoms with Crippen LogP contribution in [0.15, 0.2) is 18.2 Å². The van der Waals surface area contributed by atoms with Gasteiger partial charge in [-0.15, -0.1) is 0 Å². The molecule has 138 valence electrons. The monoisotopic (exact) mass is 392 g/mol. The fourth-order valence-electron chi connectivity index (χ4n) is 3.01. The van der Waals surface area contributed by atoms with Crippen molar-refractivity contribution in [2.24, 2.45) is 0 Å². The number of amides is 1. The summed E-state index contributed by atoms with van der Waals surface area (Å²) in [7, 11) is 0. The van der Waals surface area contributed by atoms with Gasteiger partial charge in [0, 0.05) is 34.3 Å². The SMILES string of the molecule is CCc1nn(CCNC(=O)CC#N)c(CC)c1Cc1cc(Cl)cc(Cl)c1. The van der Waals surface area contributed by atoms with Crippen LogP contribution in [0.2, 0.25) is 10.0 Å². The van der Waals surface area contributed by atoms with Gasteiger partial charge in [-0.25, -0.2) is 0 Å². The Morgan fingerprint density at radius 3 is 2.50 bits per heavy atom. The maximum Gasteiger partial charge on any atom is 0.234 e. The summed E-state index contributed by atoms with van der Waals surface area (Å²) >= 11 is 12.2. The quantitative estimate of drug-likeness (QED) is 0.739. The molecule has 26 heavy (non-hydrogen) atoms. The number of nitrogens with one attached hydrogen (secondary N) is 1. The summed E-state index contributed by atoms with van der Waals surface area (Å²) in [5.41, 5.74) is 4.43. The molecular formula is C19H22Cl2N4O. The minimum atomic E-state index is -0.262. The lowest BCUT2D eigenvalue weighted by Crippen LogP contribution is -2.27. The zero-order valence-electron chi connectivity index (χ0n) is 15.0. The third kappa shape index (κ3) is 5.23. The van der Waals surface area contributed by atoms with Gasteiger partial charge in [0.15, 0.2) is 0 Å². The highest BCUT2D eigenvalue weighted by atomic mass is 35.5. The molecule has 1 aromatic carbocycles. The van der Waals surface area contributed by atoms with E-state index in [9.17, 15) is 4.79 Å². The normalized spacial score (nSPS) is 10.6. The van der Waals surface area contributed by atoms with Crippen LogP contribution in [0.5, 0.6) is 0 Å². The summed E-state index contributed by atoms with van der Waals surface area (Å²) in [5.74, 6) is -0.262. The van der Waals surface area contributed by atoms with Crippen molar-refractivity contribution in [2.75, 3.05) is 6.54 Å². The molecular weight excluding hydrogens is 371 g/mol. The van der Waals surface area contributed by atoms with E-state index in [-0.39, 0.29) is 12.3 Å². The van der Waals surface area contributed by atoms with Crippen LogP contribution in [0.3, 0.4) is 0 Å². The molecule has 0 radical (unpaired) electrons. The number of nitrogens with zero attached hydrogens (tertiary/aromatic N) is 3. The van der Waals surface area contributed by atoms with Crippen LogP contribution in [-0.2, 0) is 30.6 Å². The van der Waals surface area contributed by atoms with Gasteiger partial charge >= 0.3 is 0 Å². The standard InChI is InChI=1S/C19H22Cl2N4O/c1-3-17-16(11-13-9-14(20)12-15(21)10-13)18(4-2)25(24-17)8-7-23-19(26)5-6-22/h9-10,12H,3-5,7-8,11H2,1-2H3,(H,23,26). The molecule has 1 heterocycles. The van der Waals surface area contributed by atoms with Crippen molar-refractivity contribution in [1.29, 1.82) is 5.26 Å². The number of aryl methyl sites for hydroxylation is 1. The van der Waals surface area contributed by atoms with Gasteiger partial charge in [-0.2, -0.15) is 10.4 Å². The fourth-order valence-corrected chi connectivity index (χ4v) is 3.58. The molecule has 1 aromatic heterocycles. The lowest BCUT2D eigenvalue weighted by atomic mass is 10.0. The predicted molar refractivity (Wildman–Crippen MR) is 103 cm³/mol. The lowest BCUT2D eigenvalue weighted by Gasteiger charge is -2.09. The Morgan fingerprint density at radius 2 is 1.92 bits per heavy atom. The van der Waals surface area contributed by atoms with Gasteiger partial charge < -0.3 is 5.32 Å². The molecule has 0 saturated heterocycles. The highest BCUT2D eigenvalue weighted by molar-refractivity contribution is 6.34. The summed E-state index contributed by atoms with van der Waals surface area (Å²) in [4.78, 5) is 11.4. The molecule has 0 saturated carbocycles. The molecule has 0 atom stereocenters. The van der Waals surface area contributed by atoms with E-state index in [1.165, 1.54) is 5.56 Å². The maximum atomic E-state index is 11.4. The summed E-state index contributed by atoms with van der Waals surface area (Å²) in [6.45, 7) is 5.19. The molecule has 0 spiro atoms. The first kappa shape index (κ1) is 20.3. The van der Waals surface area contributed by atoms with E-state index in [1.54, 1.807) is 6.07 Å². The highest BCUT2D eigenvalue weighted by Gasteiger charge is 2.16. The Morgan fingerprint density at radius 1 is 1.23 bits per heavy atom. The van der Waals surface area contributed by atoms with E-state index >= 15 is 0 Å². The fraction of sp³-hybridized carbons (Fsp3) is 0.421. The number of rotatable bonds is 8. The van der Waals surface area contributed by atoms with Crippen molar-refractivity contribution in [3.8, 4) is 6.07 Å².